The summed E-state index contributed by atoms with van der Waals surface area (Å²) in [6.45, 7) is 0.852. The van der Waals surface area contributed by atoms with Gasteiger partial charge in [-0.3, -0.25) is 0 Å². The van der Waals surface area contributed by atoms with Gasteiger partial charge in [-0.05, 0) is 31.0 Å². The standard InChI is InChI=1S/C18H24ClN5O3S/c1-23(2)18-11-17(20-12-21-18)22-13-6-8-24(9-7-13)28(25,26)14-4-5-16(27-3)15(19)10-14/h4-5,10-13H,6-9H2,1-3H3,(H,20,21,22). The van der Waals surface area contributed by atoms with E-state index < -0.39 is 10.0 Å². The van der Waals surface area contributed by atoms with Crippen molar-refractivity contribution in [1.82, 2.24) is 14.3 Å². The van der Waals surface area contributed by atoms with Crippen LogP contribution in [0.1, 0.15) is 12.8 Å². The highest BCUT2D eigenvalue weighted by Crippen LogP contribution is 2.29. The van der Waals surface area contributed by atoms with Gasteiger partial charge in [0.25, 0.3) is 0 Å². The Morgan fingerprint density at radius 1 is 1.21 bits per heavy atom. The molecule has 2 aromatic rings. The number of halogens is 1. The summed E-state index contributed by atoms with van der Waals surface area (Å²) in [5.74, 6) is 2.00. The summed E-state index contributed by atoms with van der Waals surface area (Å²) >= 11 is 6.09. The van der Waals surface area contributed by atoms with E-state index in [4.69, 9.17) is 16.3 Å². The maximum Gasteiger partial charge on any atom is 0.243 e. The number of ether oxygens (including phenoxy) is 1. The van der Waals surface area contributed by atoms with E-state index in [1.165, 1.54) is 29.9 Å². The topological polar surface area (TPSA) is 87.7 Å². The Morgan fingerprint density at radius 3 is 2.54 bits per heavy atom. The third-order valence-corrected chi connectivity index (χ3v) is 6.87. The number of anilines is 2. The Morgan fingerprint density at radius 2 is 1.93 bits per heavy atom. The van der Waals surface area contributed by atoms with E-state index in [9.17, 15) is 8.42 Å². The second kappa shape index (κ2) is 8.50. The summed E-state index contributed by atoms with van der Waals surface area (Å²) in [6.07, 6.45) is 2.89. The third-order valence-electron chi connectivity index (χ3n) is 4.68. The molecule has 28 heavy (non-hydrogen) atoms. The lowest BCUT2D eigenvalue weighted by Gasteiger charge is -2.32. The number of nitrogens with one attached hydrogen (secondary N) is 1. The molecule has 1 N–H and O–H groups in total. The molecule has 0 aliphatic carbocycles. The molecule has 8 nitrogen and oxygen atoms in total. The lowest BCUT2D eigenvalue weighted by molar-refractivity contribution is 0.329. The number of rotatable bonds is 6. The minimum Gasteiger partial charge on any atom is -0.495 e. The van der Waals surface area contributed by atoms with Gasteiger partial charge in [0.1, 0.15) is 23.7 Å². The van der Waals surface area contributed by atoms with E-state index >= 15 is 0 Å². The van der Waals surface area contributed by atoms with Crippen LogP contribution < -0.4 is 15.0 Å². The van der Waals surface area contributed by atoms with Gasteiger partial charge >= 0.3 is 0 Å². The number of nitrogens with zero attached hydrogens (tertiary/aromatic N) is 4. The van der Waals surface area contributed by atoms with Gasteiger partial charge in [-0.1, -0.05) is 11.6 Å². The van der Waals surface area contributed by atoms with Crippen LogP contribution in [0.2, 0.25) is 5.02 Å². The van der Waals surface area contributed by atoms with Gasteiger partial charge in [0.15, 0.2) is 0 Å². The van der Waals surface area contributed by atoms with E-state index in [2.05, 4.69) is 15.3 Å². The van der Waals surface area contributed by atoms with Gasteiger partial charge in [0.2, 0.25) is 10.0 Å². The first-order chi connectivity index (χ1) is 13.3. The molecule has 0 atom stereocenters. The van der Waals surface area contributed by atoms with E-state index in [0.29, 0.717) is 31.7 Å². The molecule has 10 heteroatoms. The Hall–Kier alpha value is -2.10. The van der Waals surface area contributed by atoms with E-state index in [-0.39, 0.29) is 16.0 Å². The van der Waals surface area contributed by atoms with Crippen LogP contribution in [0.25, 0.3) is 0 Å². The Kier molecular flexibility index (Phi) is 6.26. The van der Waals surface area contributed by atoms with Gasteiger partial charge in [0.05, 0.1) is 17.0 Å². The molecule has 0 amide bonds. The number of hydrogen-bond acceptors (Lipinski definition) is 7. The summed E-state index contributed by atoms with van der Waals surface area (Å²) in [5.41, 5.74) is 0. The average molecular weight is 426 g/mol. The monoisotopic (exact) mass is 425 g/mol. The van der Waals surface area contributed by atoms with Crippen molar-refractivity contribution in [2.45, 2.75) is 23.8 Å². The van der Waals surface area contributed by atoms with E-state index in [1.54, 1.807) is 6.07 Å². The smallest absolute Gasteiger partial charge is 0.243 e. The third kappa shape index (κ3) is 4.48. The fourth-order valence-electron chi connectivity index (χ4n) is 3.08. The van der Waals surface area contributed by atoms with Crippen molar-refractivity contribution >= 4 is 33.3 Å². The molecule has 1 aromatic carbocycles. The van der Waals surface area contributed by atoms with Crippen molar-refractivity contribution in [3.63, 3.8) is 0 Å². The van der Waals surface area contributed by atoms with Crippen molar-refractivity contribution in [2.24, 2.45) is 0 Å². The maximum absolute atomic E-state index is 12.9. The quantitative estimate of drug-likeness (QED) is 0.760. The number of methoxy groups -OCH3 is 1. The van der Waals surface area contributed by atoms with Crippen LogP contribution in [0.3, 0.4) is 0 Å². The van der Waals surface area contributed by atoms with Crippen LogP contribution in [0.15, 0.2) is 35.5 Å². The maximum atomic E-state index is 12.9. The van der Waals surface area contributed by atoms with Crippen LogP contribution in [0, 0.1) is 0 Å². The number of benzene rings is 1. The molecule has 1 fully saturated rings. The van der Waals surface area contributed by atoms with Crippen LogP contribution >= 0.6 is 11.6 Å². The Bertz CT molecular complexity index is 931. The van der Waals surface area contributed by atoms with Crippen molar-refractivity contribution in [1.29, 1.82) is 0 Å². The van der Waals surface area contributed by atoms with E-state index in [0.717, 1.165) is 11.6 Å². The molecule has 1 aromatic heterocycles. The van der Waals surface area contributed by atoms with Crippen molar-refractivity contribution in [2.75, 3.05) is 44.5 Å². The minimum atomic E-state index is -3.59. The van der Waals surface area contributed by atoms with Crippen molar-refractivity contribution in [3.05, 3.63) is 35.6 Å². The molecule has 2 heterocycles. The fourth-order valence-corrected chi connectivity index (χ4v) is 4.90. The molecular formula is C18H24ClN5O3S. The van der Waals surface area contributed by atoms with Crippen molar-refractivity contribution < 1.29 is 13.2 Å². The zero-order valence-corrected chi connectivity index (χ0v) is 17.7. The van der Waals surface area contributed by atoms with Crippen LogP contribution in [0.4, 0.5) is 11.6 Å². The highest BCUT2D eigenvalue weighted by molar-refractivity contribution is 7.89. The Balaban J connectivity index is 1.64. The van der Waals surface area contributed by atoms with E-state index in [1.807, 2.05) is 25.1 Å². The van der Waals surface area contributed by atoms with Gasteiger partial charge in [-0.25, -0.2) is 18.4 Å². The zero-order chi connectivity index (χ0) is 20.3. The molecule has 1 aliphatic heterocycles. The summed E-state index contributed by atoms with van der Waals surface area (Å²) in [6, 6.07) is 6.55. The summed E-state index contributed by atoms with van der Waals surface area (Å²) in [5, 5.41) is 3.65. The molecule has 152 valence electrons. The normalized spacial score (nSPS) is 16.0. The van der Waals surface area contributed by atoms with Gasteiger partial charge in [-0.15, -0.1) is 0 Å². The lowest BCUT2D eigenvalue weighted by Crippen LogP contribution is -2.42. The summed E-state index contributed by atoms with van der Waals surface area (Å²) in [7, 11) is 1.74. The van der Waals surface area contributed by atoms with Crippen LogP contribution in [0.5, 0.6) is 5.75 Å². The zero-order valence-electron chi connectivity index (χ0n) is 16.1. The SMILES string of the molecule is COc1ccc(S(=O)(=O)N2CCC(Nc3cc(N(C)C)ncn3)CC2)cc1Cl. The first kappa shape index (κ1) is 20.6. The lowest BCUT2D eigenvalue weighted by atomic mass is 10.1. The highest BCUT2D eigenvalue weighted by Gasteiger charge is 2.30. The Labute approximate surface area is 170 Å². The predicted octanol–water partition coefficient (Wildman–Crippen LogP) is 2.47. The molecule has 0 radical (unpaired) electrons. The fraction of sp³-hybridized carbons (Fsp3) is 0.444. The number of piperidine rings is 1. The average Bonchev–Trinajstić information content (AvgIpc) is 2.68. The number of sulfonamides is 1. The molecule has 0 saturated carbocycles. The minimum absolute atomic E-state index is 0.149. The van der Waals surface area contributed by atoms with Gasteiger partial charge in [-0.2, -0.15) is 4.31 Å². The number of aromatic nitrogens is 2. The second-order valence-corrected chi connectivity index (χ2v) is 9.12. The molecule has 3 rings (SSSR count). The highest BCUT2D eigenvalue weighted by atomic mass is 35.5. The largest absolute Gasteiger partial charge is 0.495 e. The summed E-state index contributed by atoms with van der Waals surface area (Å²) in [4.78, 5) is 10.5. The second-order valence-electron chi connectivity index (χ2n) is 6.77. The molecule has 0 unspecified atom stereocenters. The van der Waals surface area contributed by atoms with Gasteiger partial charge in [0, 0.05) is 39.3 Å². The molecule has 0 bridgehead atoms. The number of hydrogen-bond donors (Lipinski definition) is 1. The van der Waals surface area contributed by atoms with Gasteiger partial charge < -0.3 is 15.0 Å². The molecular weight excluding hydrogens is 402 g/mol. The van der Waals surface area contributed by atoms with Crippen LogP contribution in [-0.4, -0.2) is 63.0 Å². The first-order valence-electron chi connectivity index (χ1n) is 8.91. The van der Waals surface area contributed by atoms with Crippen LogP contribution in [-0.2, 0) is 10.0 Å². The first-order valence-corrected chi connectivity index (χ1v) is 10.7. The molecule has 0 spiro atoms. The molecule has 1 aliphatic rings. The van der Waals surface area contributed by atoms with Crippen molar-refractivity contribution in [3.8, 4) is 5.75 Å². The molecule has 1 saturated heterocycles. The predicted molar refractivity (Wildman–Crippen MR) is 110 cm³/mol. The summed E-state index contributed by atoms with van der Waals surface area (Å²) < 4.78 is 32.4.